The Morgan fingerprint density at radius 1 is 0.974 bits per heavy atom. The molecule has 3 aromatic carbocycles. The van der Waals surface area contributed by atoms with Gasteiger partial charge in [-0.2, -0.15) is 5.10 Å². The van der Waals surface area contributed by atoms with Crippen molar-refractivity contribution in [3.63, 3.8) is 0 Å². The van der Waals surface area contributed by atoms with Crippen molar-refractivity contribution in [2.24, 2.45) is 0 Å². The van der Waals surface area contributed by atoms with E-state index in [1.165, 1.54) is 19.3 Å². The second kappa shape index (κ2) is 10.2. The number of carbonyl (C=O) groups is 1. The number of aromatic nitrogens is 3. The number of para-hydroxylation sites is 1. The quantitative estimate of drug-likeness (QED) is 0.260. The summed E-state index contributed by atoms with van der Waals surface area (Å²) in [6.45, 7) is 0.305. The number of hydrogen-bond donors (Lipinski definition) is 2. The Bertz CT molecular complexity index is 1640. The van der Waals surface area contributed by atoms with Gasteiger partial charge in [0.2, 0.25) is 0 Å². The second-order valence-electron chi connectivity index (χ2n) is 9.98. The summed E-state index contributed by atoms with van der Waals surface area (Å²) in [5.74, 6) is 0.228. The van der Waals surface area contributed by atoms with Crippen LogP contribution in [0.25, 0.3) is 32.8 Å². The molecule has 7 nitrogen and oxygen atoms in total. The molecule has 0 unspecified atom stereocenters. The van der Waals surface area contributed by atoms with Gasteiger partial charge in [-0.3, -0.25) is 9.48 Å². The number of nitrogens with zero attached hydrogens (tertiary/aromatic N) is 3. The van der Waals surface area contributed by atoms with Crippen LogP contribution in [0.15, 0.2) is 72.9 Å². The fourth-order valence-electron chi connectivity index (χ4n) is 5.67. The summed E-state index contributed by atoms with van der Waals surface area (Å²) in [5, 5.41) is 17.4. The molecule has 0 saturated heterocycles. The van der Waals surface area contributed by atoms with Crippen LogP contribution in [0.3, 0.4) is 0 Å². The summed E-state index contributed by atoms with van der Waals surface area (Å²) in [6, 6.07) is 22.2. The summed E-state index contributed by atoms with van der Waals surface area (Å²) in [7, 11) is 0. The predicted molar refractivity (Wildman–Crippen MR) is 149 cm³/mol. The highest BCUT2D eigenvalue weighted by molar-refractivity contribution is 6.02. The number of carboxylic acid groups (broad SMARTS) is 1. The van der Waals surface area contributed by atoms with Crippen LogP contribution in [-0.2, 0) is 17.8 Å². The van der Waals surface area contributed by atoms with Crippen molar-refractivity contribution in [1.82, 2.24) is 14.8 Å². The Hall–Kier alpha value is -4.39. The van der Waals surface area contributed by atoms with Gasteiger partial charge in [-0.25, -0.2) is 4.98 Å². The van der Waals surface area contributed by atoms with Crippen LogP contribution in [0.1, 0.15) is 49.4 Å². The van der Waals surface area contributed by atoms with Gasteiger partial charge in [-0.15, -0.1) is 0 Å². The third kappa shape index (κ3) is 4.56. The molecule has 0 aliphatic heterocycles. The van der Waals surface area contributed by atoms with Gasteiger partial charge in [0, 0.05) is 22.5 Å². The van der Waals surface area contributed by atoms with E-state index < -0.39 is 5.97 Å². The lowest BCUT2D eigenvalue weighted by atomic mass is 9.95. The number of aliphatic carboxylic acids is 1. The van der Waals surface area contributed by atoms with Crippen molar-refractivity contribution in [3.8, 4) is 16.9 Å². The molecule has 2 heterocycles. The van der Waals surface area contributed by atoms with Crippen LogP contribution in [0, 0.1) is 0 Å². The van der Waals surface area contributed by atoms with Gasteiger partial charge in [-0.05, 0) is 53.6 Å². The zero-order valence-electron chi connectivity index (χ0n) is 21.1. The lowest BCUT2D eigenvalue weighted by Crippen LogP contribution is -2.18. The third-order valence-electron chi connectivity index (χ3n) is 7.55. The molecule has 2 aromatic heterocycles. The molecule has 0 radical (unpaired) electrons. The lowest BCUT2D eigenvalue weighted by Gasteiger charge is -2.24. The Morgan fingerprint density at radius 3 is 2.66 bits per heavy atom. The molecular weight excluding hydrogens is 476 g/mol. The summed E-state index contributed by atoms with van der Waals surface area (Å²) in [5.41, 5.74) is 10.9. The smallest absolute Gasteiger partial charge is 0.307 e. The Morgan fingerprint density at radius 2 is 1.82 bits per heavy atom. The van der Waals surface area contributed by atoms with Crippen LogP contribution in [0.5, 0.6) is 5.75 Å². The molecule has 3 N–H and O–H groups in total. The van der Waals surface area contributed by atoms with E-state index >= 15 is 0 Å². The van der Waals surface area contributed by atoms with E-state index in [-0.39, 0.29) is 6.42 Å². The zero-order valence-corrected chi connectivity index (χ0v) is 21.1. The fourth-order valence-corrected chi connectivity index (χ4v) is 5.67. The Kier molecular flexibility index (Phi) is 6.42. The van der Waals surface area contributed by atoms with Crippen LogP contribution in [0.4, 0.5) is 5.82 Å². The molecule has 1 fully saturated rings. The molecule has 6 rings (SSSR count). The highest BCUT2D eigenvalue weighted by atomic mass is 16.5. The minimum absolute atomic E-state index is 0.0813. The molecule has 1 aliphatic rings. The zero-order chi connectivity index (χ0) is 26.1. The van der Waals surface area contributed by atoms with E-state index in [9.17, 15) is 9.90 Å². The van der Waals surface area contributed by atoms with E-state index in [0.29, 0.717) is 29.8 Å². The number of pyridine rings is 1. The number of nitrogens with two attached hydrogens (primary N) is 1. The third-order valence-corrected chi connectivity index (χ3v) is 7.55. The second-order valence-corrected chi connectivity index (χ2v) is 9.98. The van der Waals surface area contributed by atoms with E-state index in [0.717, 1.165) is 51.3 Å². The molecule has 1 aliphatic carbocycles. The van der Waals surface area contributed by atoms with Crippen molar-refractivity contribution in [1.29, 1.82) is 0 Å². The van der Waals surface area contributed by atoms with Crippen LogP contribution < -0.4 is 10.5 Å². The first-order chi connectivity index (χ1) is 18.6. The first-order valence-corrected chi connectivity index (χ1v) is 13.2. The molecule has 0 amide bonds. The number of hydrogen-bond acceptors (Lipinski definition) is 5. The average molecular weight is 507 g/mol. The van der Waals surface area contributed by atoms with E-state index in [4.69, 9.17) is 15.6 Å². The van der Waals surface area contributed by atoms with Gasteiger partial charge in [0.15, 0.2) is 0 Å². The first-order valence-electron chi connectivity index (χ1n) is 13.2. The van der Waals surface area contributed by atoms with E-state index in [1.54, 1.807) is 12.3 Å². The minimum atomic E-state index is -0.880. The molecule has 38 heavy (non-hydrogen) atoms. The lowest BCUT2D eigenvalue weighted by molar-refractivity contribution is -0.136. The molecule has 0 atom stereocenters. The van der Waals surface area contributed by atoms with Gasteiger partial charge in [0.05, 0.1) is 23.7 Å². The molecule has 1 saturated carbocycles. The first kappa shape index (κ1) is 24.0. The molecule has 0 bridgehead atoms. The Labute approximate surface area is 220 Å². The summed E-state index contributed by atoms with van der Waals surface area (Å²) >= 11 is 0. The van der Waals surface area contributed by atoms with Crippen LogP contribution in [-0.4, -0.2) is 25.8 Å². The number of benzene rings is 3. The van der Waals surface area contributed by atoms with Crippen LogP contribution in [0.2, 0.25) is 0 Å². The number of anilines is 1. The molecule has 192 valence electrons. The van der Waals surface area contributed by atoms with Gasteiger partial charge < -0.3 is 15.6 Å². The molecule has 7 heteroatoms. The maximum atomic E-state index is 11.4. The van der Waals surface area contributed by atoms with E-state index in [2.05, 4.69) is 33.9 Å². The summed E-state index contributed by atoms with van der Waals surface area (Å²) < 4.78 is 8.47. The monoisotopic (exact) mass is 506 g/mol. The SMILES string of the molecule is Nc1nccc2c(-c3ccc4nn(C5CCCCC5)c(COc5ccccc5CC(=O)O)c4c3)cccc12. The molecular formula is C31H30N4O3. The number of nitrogen functional groups attached to an aromatic ring is 1. The van der Waals surface area contributed by atoms with E-state index in [1.807, 2.05) is 36.4 Å². The number of fused-ring (bicyclic) bond motifs is 2. The minimum Gasteiger partial charge on any atom is -0.487 e. The Balaban J connectivity index is 1.44. The van der Waals surface area contributed by atoms with Gasteiger partial charge in [0.1, 0.15) is 18.2 Å². The van der Waals surface area contributed by atoms with Crippen molar-refractivity contribution < 1.29 is 14.6 Å². The van der Waals surface area contributed by atoms with Crippen molar-refractivity contribution in [2.75, 3.05) is 5.73 Å². The fraction of sp³-hybridized carbons (Fsp3) is 0.258. The standard InChI is InChI=1S/C31H30N4O3/c32-31-25-11-6-10-23(24(25)15-16-33-31)20-13-14-27-26(17-20)28(35(34-27)22-8-2-1-3-9-22)19-38-29-12-5-4-7-21(29)18-30(36)37/h4-7,10-17,22H,1-3,8-9,18-19H2,(H2,32,33)(H,36,37). The average Bonchev–Trinajstić information content (AvgIpc) is 3.30. The van der Waals surface area contributed by atoms with Crippen molar-refractivity contribution >= 4 is 33.5 Å². The normalized spacial score (nSPS) is 14.2. The van der Waals surface area contributed by atoms with Crippen molar-refractivity contribution in [2.45, 2.75) is 51.2 Å². The maximum absolute atomic E-state index is 11.4. The molecule has 5 aromatic rings. The summed E-state index contributed by atoms with van der Waals surface area (Å²) in [4.78, 5) is 15.6. The highest BCUT2D eigenvalue weighted by Crippen LogP contribution is 2.36. The van der Waals surface area contributed by atoms with Crippen LogP contribution >= 0.6 is 0 Å². The number of carboxylic acids is 1. The number of rotatable bonds is 7. The van der Waals surface area contributed by atoms with Crippen molar-refractivity contribution in [3.05, 3.63) is 84.2 Å². The highest BCUT2D eigenvalue weighted by Gasteiger charge is 2.23. The summed E-state index contributed by atoms with van der Waals surface area (Å²) in [6.07, 6.45) is 7.50. The van der Waals surface area contributed by atoms with Gasteiger partial charge in [0.25, 0.3) is 0 Å². The van der Waals surface area contributed by atoms with Gasteiger partial charge in [-0.1, -0.05) is 61.7 Å². The largest absolute Gasteiger partial charge is 0.487 e. The number of ether oxygens (including phenoxy) is 1. The topological polar surface area (TPSA) is 103 Å². The molecule has 0 spiro atoms. The van der Waals surface area contributed by atoms with Gasteiger partial charge >= 0.3 is 5.97 Å². The maximum Gasteiger partial charge on any atom is 0.307 e. The predicted octanol–water partition coefficient (Wildman–Crippen LogP) is 6.55.